The van der Waals surface area contributed by atoms with Crippen molar-refractivity contribution >= 4 is 0 Å². The van der Waals surface area contributed by atoms with E-state index >= 15 is 0 Å². The first-order valence-electron chi connectivity index (χ1n) is 5.02. The van der Waals surface area contributed by atoms with Gasteiger partial charge in [-0.3, -0.25) is 0 Å². The Morgan fingerprint density at radius 1 is 1.40 bits per heavy atom. The molecule has 2 nitrogen and oxygen atoms in total. The van der Waals surface area contributed by atoms with Gasteiger partial charge in [0.05, 0.1) is 12.6 Å². The zero-order valence-electron chi connectivity index (χ0n) is 9.00. The summed E-state index contributed by atoms with van der Waals surface area (Å²) in [4.78, 5) is 1.86. The first kappa shape index (κ1) is 11.5. The lowest BCUT2D eigenvalue weighted by Crippen LogP contribution is -2.18. The third-order valence-corrected chi connectivity index (χ3v) is 2.14. The van der Waals surface area contributed by atoms with Gasteiger partial charge in [-0.25, -0.2) is 0 Å². The fourth-order valence-corrected chi connectivity index (χ4v) is 1.37. The monoisotopic (exact) mass is 203 g/mol. The first-order chi connectivity index (χ1) is 7.27. The number of allylic oxidation sites excluding steroid dienone is 1. The van der Waals surface area contributed by atoms with Crippen LogP contribution < -0.4 is 0 Å². The van der Waals surface area contributed by atoms with Crippen LogP contribution in [-0.4, -0.2) is 16.6 Å². The lowest BCUT2D eigenvalue weighted by molar-refractivity contribution is 0.151. The molecule has 2 heteroatoms. The predicted octanol–water partition coefficient (Wildman–Crippen LogP) is 2.70. The van der Waals surface area contributed by atoms with Crippen molar-refractivity contribution in [1.29, 1.82) is 0 Å². The van der Waals surface area contributed by atoms with Crippen molar-refractivity contribution in [2.24, 2.45) is 0 Å². The summed E-state index contributed by atoms with van der Waals surface area (Å²) in [5.74, 6) is 0. The topological polar surface area (TPSA) is 23.5 Å². The number of rotatable bonds is 5. The molecule has 0 aliphatic heterocycles. The molecule has 80 valence electrons. The summed E-state index contributed by atoms with van der Waals surface area (Å²) >= 11 is 0. The molecule has 0 aliphatic rings. The van der Waals surface area contributed by atoms with E-state index in [9.17, 15) is 5.11 Å². The summed E-state index contributed by atoms with van der Waals surface area (Å²) in [5, 5.41) is 9.93. The molecule has 1 N–H and O–H groups in total. The second-order valence-corrected chi connectivity index (χ2v) is 3.29. The molecule has 0 bridgehead atoms. The molecule has 0 saturated heterocycles. The lowest BCUT2D eigenvalue weighted by Gasteiger charge is -2.19. The number of aliphatic hydroxyl groups excluding tert-OH is 1. The van der Waals surface area contributed by atoms with Gasteiger partial charge < -0.3 is 10.0 Å². The lowest BCUT2D eigenvalue weighted by atomic mass is 10.1. The van der Waals surface area contributed by atoms with Crippen LogP contribution in [0.3, 0.4) is 0 Å². The maximum absolute atomic E-state index is 9.93. The molecule has 0 fully saturated rings. The van der Waals surface area contributed by atoms with Gasteiger partial charge in [0.15, 0.2) is 0 Å². The maximum atomic E-state index is 9.93. The van der Waals surface area contributed by atoms with E-state index in [0.717, 1.165) is 5.56 Å². The molecule has 0 amide bonds. The fraction of sp³-hybridized carbons (Fsp3) is 0.231. The Morgan fingerprint density at radius 2 is 2.07 bits per heavy atom. The quantitative estimate of drug-likeness (QED) is 0.795. The van der Waals surface area contributed by atoms with Crippen molar-refractivity contribution < 1.29 is 5.11 Å². The molecule has 0 aromatic heterocycles. The summed E-state index contributed by atoms with van der Waals surface area (Å²) in [7, 11) is 0. The minimum Gasteiger partial charge on any atom is -0.387 e. The van der Waals surface area contributed by atoms with E-state index in [0.29, 0.717) is 6.54 Å². The van der Waals surface area contributed by atoms with Crippen LogP contribution in [0, 0.1) is 0 Å². The van der Waals surface area contributed by atoms with Gasteiger partial charge in [-0.2, -0.15) is 0 Å². The highest BCUT2D eigenvalue weighted by molar-refractivity contribution is 5.17. The highest BCUT2D eigenvalue weighted by atomic mass is 16.3. The fourth-order valence-electron chi connectivity index (χ4n) is 1.37. The van der Waals surface area contributed by atoms with Gasteiger partial charge in [-0.15, -0.1) is 0 Å². The molecule has 15 heavy (non-hydrogen) atoms. The smallest absolute Gasteiger partial charge is 0.0968 e. The van der Waals surface area contributed by atoms with E-state index < -0.39 is 6.10 Å². The third-order valence-electron chi connectivity index (χ3n) is 2.14. The number of hydrogen-bond donors (Lipinski definition) is 1. The summed E-state index contributed by atoms with van der Waals surface area (Å²) in [6, 6.07) is 9.62. The SMILES string of the molecule is C=CN(/C=C\C)C[C@H](O)c1ccccc1. The van der Waals surface area contributed by atoms with Crippen LogP contribution in [0.1, 0.15) is 18.6 Å². The Balaban J connectivity index is 2.62. The molecule has 1 aromatic rings. The Hall–Kier alpha value is -1.54. The van der Waals surface area contributed by atoms with E-state index in [1.807, 2.05) is 54.4 Å². The molecule has 0 heterocycles. The molecule has 0 unspecified atom stereocenters. The Kier molecular flexibility index (Phi) is 4.64. The molecule has 0 radical (unpaired) electrons. The Morgan fingerprint density at radius 3 is 2.60 bits per heavy atom. The van der Waals surface area contributed by atoms with Crippen LogP contribution in [0.15, 0.2) is 55.4 Å². The van der Waals surface area contributed by atoms with Gasteiger partial charge in [0, 0.05) is 0 Å². The van der Waals surface area contributed by atoms with Crippen molar-refractivity contribution in [3.05, 3.63) is 61.0 Å². The molecule has 0 spiro atoms. The molecule has 0 saturated carbocycles. The number of aliphatic hydroxyl groups is 1. The zero-order valence-corrected chi connectivity index (χ0v) is 9.00. The van der Waals surface area contributed by atoms with Gasteiger partial charge in [0.1, 0.15) is 0 Å². The van der Waals surface area contributed by atoms with Crippen LogP contribution in [0.5, 0.6) is 0 Å². The normalized spacial score (nSPS) is 12.7. The molecule has 1 atom stereocenters. The van der Waals surface area contributed by atoms with Crippen molar-refractivity contribution in [3.8, 4) is 0 Å². The van der Waals surface area contributed by atoms with Crippen molar-refractivity contribution in [2.75, 3.05) is 6.54 Å². The number of benzene rings is 1. The van der Waals surface area contributed by atoms with Crippen LogP contribution >= 0.6 is 0 Å². The second-order valence-electron chi connectivity index (χ2n) is 3.29. The highest BCUT2D eigenvalue weighted by Crippen LogP contribution is 2.13. The van der Waals surface area contributed by atoms with E-state index in [-0.39, 0.29) is 0 Å². The maximum Gasteiger partial charge on any atom is 0.0968 e. The standard InChI is InChI=1S/C13H17NO/c1-3-10-14(4-2)11-13(15)12-8-6-5-7-9-12/h3-10,13,15H,2,11H2,1H3/b10-3-/t13-/m0/s1. The summed E-state index contributed by atoms with van der Waals surface area (Å²) in [6.07, 6.45) is 5.02. The largest absolute Gasteiger partial charge is 0.387 e. The zero-order chi connectivity index (χ0) is 11.1. The average Bonchev–Trinajstić information content (AvgIpc) is 2.29. The van der Waals surface area contributed by atoms with Gasteiger partial charge in [-0.05, 0) is 24.9 Å². The van der Waals surface area contributed by atoms with E-state index in [4.69, 9.17) is 0 Å². The van der Waals surface area contributed by atoms with E-state index in [2.05, 4.69) is 6.58 Å². The average molecular weight is 203 g/mol. The number of nitrogens with zero attached hydrogens (tertiary/aromatic N) is 1. The minimum absolute atomic E-state index is 0.486. The van der Waals surface area contributed by atoms with Crippen molar-refractivity contribution in [1.82, 2.24) is 4.90 Å². The first-order valence-corrected chi connectivity index (χ1v) is 5.02. The molecular formula is C13H17NO. The van der Waals surface area contributed by atoms with Crippen LogP contribution in [0.25, 0.3) is 0 Å². The predicted molar refractivity (Wildman–Crippen MR) is 63.1 cm³/mol. The van der Waals surface area contributed by atoms with Gasteiger partial charge in [0.25, 0.3) is 0 Å². The Bertz CT molecular complexity index is 319. The summed E-state index contributed by atoms with van der Waals surface area (Å²) < 4.78 is 0. The molecule has 0 aliphatic carbocycles. The second kappa shape index (κ2) is 6.04. The van der Waals surface area contributed by atoms with Crippen molar-refractivity contribution in [2.45, 2.75) is 13.0 Å². The Labute approximate surface area is 91.2 Å². The van der Waals surface area contributed by atoms with Crippen molar-refractivity contribution in [3.63, 3.8) is 0 Å². The molecule has 1 rings (SSSR count). The number of hydrogen-bond acceptors (Lipinski definition) is 2. The summed E-state index contributed by atoms with van der Waals surface area (Å²) in [5.41, 5.74) is 0.925. The van der Waals surface area contributed by atoms with E-state index in [1.165, 1.54) is 0 Å². The van der Waals surface area contributed by atoms with Gasteiger partial charge in [-0.1, -0.05) is 43.0 Å². The third kappa shape index (κ3) is 3.60. The van der Waals surface area contributed by atoms with E-state index in [1.54, 1.807) is 6.20 Å². The minimum atomic E-state index is -0.486. The summed E-state index contributed by atoms with van der Waals surface area (Å²) in [6.45, 7) is 6.15. The highest BCUT2D eigenvalue weighted by Gasteiger charge is 2.08. The molecular weight excluding hydrogens is 186 g/mol. The molecule has 1 aromatic carbocycles. The van der Waals surface area contributed by atoms with Gasteiger partial charge >= 0.3 is 0 Å². The van der Waals surface area contributed by atoms with Crippen LogP contribution in [0.2, 0.25) is 0 Å². The van der Waals surface area contributed by atoms with Crippen LogP contribution in [-0.2, 0) is 0 Å². The van der Waals surface area contributed by atoms with Gasteiger partial charge in [0.2, 0.25) is 0 Å². The van der Waals surface area contributed by atoms with Crippen LogP contribution in [0.4, 0.5) is 0 Å².